The number of sulfonamides is 1. The topological polar surface area (TPSA) is 59.5 Å². The molecule has 2 heterocycles. The minimum absolute atomic E-state index is 0.346. The quantitative estimate of drug-likeness (QED) is 0.870. The van der Waals surface area contributed by atoms with E-state index >= 15 is 0 Å². The second kappa shape index (κ2) is 5.41. The molecule has 0 fully saturated rings. The predicted octanol–water partition coefficient (Wildman–Crippen LogP) is 2.59. The van der Waals surface area contributed by atoms with Gasteiger partial charge in [0, 0.05) is 22.9 Å². The zero-order valence-electron chi connectivity index (χ0n) is 11.7. The van der Waals surface area contributed by atoms with Gasteiger partial charge in [-0.05, 0) is 26.0 Å². The molecule has 0 aliphatic heterocycles. The van der Waals surface area contributed by atoms with Crippen LogP contribution in [-0.4, -0.2) is 27.6 Å². The average molecular weight is 312 g/mol. The van der Waals surface area contributed by atoms with E-state index < -0.39 is 10.0 Å². The molecule has 0 radical (unpaired) electrons. The van der Waals surface area contributed by atoms with Crippen LogP contribution in [-0.2, 0) is 10.0 Å². The highest BCUT2D eigenvalue weighted by atomic mass is 32.2. The van der Waals surface area contributed by atoms with E-state index in [0.717, 1.165) is 9.75 Å². The fraction of sp³-hybridized carbons (Fsp3) is 0.308. The Bertz CT molecular complexity index is 706. The van der Waals surface area contributed by atoms with Crippen LogP contribution < -0.4 is 9.04 Å². The largest absolute Gasteiger partial charge is 0.481 e. The lowest BCUT2D eigenvalue weighted by molar-refractivity contribution is 0.398. The Labute approximate surface area is 122 Å². The van der Waals surface area contributed by atoms with Crippen LogP contribution in [0, 0.1) is 13.8 Å². The second-order valence-electron chi connectivity index (χ2n) is 4.31. The number of hydrogen-bond acceptors (Lipinski definition) is 5. The van der Waals surface area contributed by atoms with Gasteiger partial charge in [0.2, 0.25) is 5.88 Å². The molecule has 0 spiro atoms. The number of aryl methyl sites for hydroxylation is 2. The molecule has 2 aromatic rings. The summed E-state index contributed by atoms with van der Waals surface area (Å²) in [6, 6.07) is 4.99. The lowest BCUT2D eigenvalue weighted by Crippen LogP contribution is -2.26. The molecule has 0 amide bonds. The number of pyridine rings is 1. The number of methoxy groups -OCH3 is 1. The summed E-state index contributed by atoms with van der Waals surface area (Å²) >= 11 is 1.47. The van der Waals surface area contributed by atoms with Crippen LogP contribution in [0.3, 0.4) is 0 Å². The van der Waals surface area contributed by atoms with Gasteiger partial charge in [0.1, 0.15) is 4.90 Å². The number of anilines is 1. The van der Waals surface area contributed by atoms with Gasteiger partial charge in [-0.25, -0.2) is 13.4 Å². The van der Waals surface area contributed by atoms with Crippen LogP contribution in [0.15, 0.2) is 29.3 Å². The maximum atomic E-state index is 12.6. The minimum atomic E-state index is -3.56. The number of ether oxygens (including phenoxy) is 1. The van der Waals surface area contributed by atoms with E-state index in [-0.39, 0.29) is 0 Å². The van der Waals surface area contributed by atoms with Crippen molar-refractivity contribution in [2.75, 3.05) is 18.5 Å². The summed E-state index contributed by atoms with van der Waals surface area (Å²) in [5.74, 6) is 0.446. The van der Waals surface area contributed by atoms with E-state index in [1.165, 1.54) is 36.0 Å². The maximum absolute atomic E-state index is 12.6. The van der Waals surface area contributed by atoms with Crippen molar-refractivity contribution in [3.05, 3.63) is 34.2 Å². The van der Waals surface area contributed by atoms with Crippen molar-refractivity contribution in [2.45, 2.75) is 18.7 Å². The molecule has 0 aliphatic carbocycles. The van der Waals surface area contributed by atoms with Crippen LogP contribution in [0.1, 0.15) is 9.75 Å². The molecule has 7 heteroatoms. The molecule has 0 saturated heterocycles. The minimum Gasteiger partial charge on any atom is -0.481 e. The number of aromatic nitrogens is 1. The molecule has 0 atom stereocenters. The van der Waals surface area contributed by atoms with Gasteiger partial charge < -0.3 is 4.74 Å². The summed E-state index contributed by atoms with van der Waals surface area (Å²) in [5.41, 5.74) is 0.494. The van der Waals surface area contributed by atoms with Crippen LogP contribution in [0.25, 0.3) is 0 Å². The van der Waals surface area contributed by atoms with E-state index in [1.54, 1.807) is 18.2 Å². The number of thiophene rings is 1. The van der Waals surface area contributed by atoms with Crippen molar-refractivity contribution < 1.29 is 13.2 Å². The first-order chi connectivity index (χ1) is 9.36. The van der Waals surface area contributed by atoms with Gasteiger partial charge in [0.15, 0.2) is 0 Å². The van der Waals surface area contributed by atoms with Crippen LogP contribution in [0.2, 0.25) is 0 Å². The standard InChI is InChI=1S/C13H16N2O3S2/c1-9-7-12(10(2)19-9)20(16,17)15(3)11-5-6-13(18-4)14-8-11/h5-8H,1-4H3. The van der Waals surface area contributed by atoms with Crippen molar-refractivity contribution in [2.24, 2.45) is 0 Å². The molecule has 2 rings (SSSR count). The Hall–Kier alpha value is -1.60. The molecule has 0 N–H and O–H groups in total. The fourth-order valence-corrected chi connectivity index (χ4v) is 4.53. The van der Waals surface area contributed by atoms with Gasteiger partial charge in [0.25, 0.3) is 10.0 Å². The summed E-state index contributed by atoms with van der Waals surface area (Å²) in [5, 5.41) is 0. The third kappa shape index (κ3) is 2.64. The molecular formula is C13H16N2O3S2. The monoisotopic (exact) mass is 312 g/mol. The molecule has 108 valence electrons. The predicted molar refractivity (Wildman–Crippen MR) is 80.2 cm³/mol. The van der Waals surface area contributed by atoms with E-state index in [9.17, 15) is 8.42 Å². The molecule has 2 aromatic heterocycles. The normalized spacial score (nSPS) is 11.4. The van der Waals surface area contributed by atoms with Gasteiger partial charge in [-0.2, -0.15) is 0 Å². The fourth-order valence-electron chi connectivity index (χ4n) is 1.83. The summed E-state index contributed by atoms with van der Waals surface area (Å²) < 4.78 is 31.4. The van der Waals surface area contributed by atoms with Gasteiger partial charge in [0.05, 0.1) is 19.0 Å². The van der Waals surface area contributed by atoms with E-state index in [4.69, 9.17) is 4.74 Å². The molecule has 0 aromatic carbocycles. The van der Waals surface area contributed by atoms with Crippen molar-refractivity contribution in [3.8, 4) is 5.88 Å². The Morgan fingerprint density at radius 3 is 2.45 bits per heavy atom. The average Bonchev–Trinajstić information content (AvgIpc) is 2.77. The molecule has 0 saturated carbocycles. The Kier molecular flexibility index (Phi) is 4.01. The first-order valence-corrected chi connectivity index (χ1v) is 8.18. The van der Waals surface area contributed by atoms with Crippen LogP contribution in [0.4, 0.5) is 5.69 Å². The van der Waals surface area contributed by atoms with E-state index in [2.05, 4.69) is 4.98 Å². The van der Waals surface area contributed by atoms with Gasteiger partial charge in [-0.15, -0.1) is 11.3 Å². The third-order valence-electron chi connectivity index (χ3n) is 2.93. The second-order valence-corrected chi connectivity index (χ2v) is 7.71. The Morgan fingerprint density at radius 1 is 1.30 bits per heavy atom. The van der Waals surface area contributed by atoms with Gasteiger partial charge in [-0.3, -0.25) is 4.31 Å². The van der Waals surface area contributed by atoms with Crippen molar-refractivity contribution in [1.29, 1.82) is 0 Å². The first-order valence-electron chi connectivity index (χ1n) is 5.92. The number of rotatable bonds is 4. The van der Waals surface area contributed by atoms with Gasteiger partial charge in [-0.1, -0.05) is 0 Å². The first kappa shape index (κ1) is 14.8. The zero-order valence-corrected chi connectivity index (χ0v) is 13.4. The highest BCUT2D eigenvalue weighted by Gasteiger charge is 2.25. The van der Waals surface area contributed by atoms with Crippen LogP contribution in [0.5, 0.6) is 5.88 Å². The maximum Gasteiger partial charge on any atom is 0.265 e. The lowest BCUT2D eigenvalue weighted by Gasteiger charge is -2.19. The SMILES string of the molecule is COc1ccc(N(C)S(=O)(=O)c2cc(C)sc2C)cn1. The lowest BCUT2D eigenvalue weighted by atomic mass is 10.4. The summed E-state index contributed by atoms with van der Waals surface area (Å²) in [6.45, 7) is 3.70. The van der Waals surface area contributed by atoms with E-state index in [0.29, 0.717) is 16.5 Å². The third-order valence-corrected chi connectivity index (χ3v) is 5.93. The number of hydrogen-bond donors (Lipinski definition) is 0. The smallest absolute Gasteiger partial charge is 0.265 e. The highest BCUT2D eigenvalue weighted by Crippen LogP contribution is 2.29. The molecule has 20 heavy (non-hydrogen) atoms. The van der Waals surface area contributed by atoms with Gasteiger partial charge >= 0.3 is 0 Å². The molecule has 0 unspecified atom stereocenters. The summed E-state index contributed by atoms with van der Waals surface area (Å²) in [4.78, 5) is 6.14. The molecule has 5 nitrogen and oxygen atoms in total. The summed E-state index contributed by atoms with van der Waals surface area (Å²) in [6.07, 6.45) is 1.48. The molecule has 0 bridgehead atoms. The van der Waals surface area contributed by atoms with Crippen molar-refractivity contribution in [1.82, 2.24) is 4.98 Å². The van der Waals surface area contributed by atoms with Crippen molar-refractivity contribution >= 4 is 27.0 Å². The Morgan fingerprint density at radius 2 is 2.00 bits per heavy atom. The number of nitrogens with zero attached hydrogens (tertiary/aromatic N) is 2. The molecular weight excluding hydrogens is 296 g/mol. The summed E-state index contributed by atoms with van der Waals surface area (Å²) in [7, 11) is -0.526. The van der Waals surface area contributed by atoms with Crippen LogP contribution >= 0.6 is 11.3 Å². The Balaban J connectivity index is 2.40. The molecule has 0 aliphatic rings. The zero-order chi connectivity index (χ0) is 14.9. The highest BCUT2D eigenvalue weighted by molar-refractivity contribution is 7.93. The van der Waals surface area contributed by atoms with E-state index in [1.807, 2.05) is 13.8 Å². The van der Waals surface area contributed by atoms with Crippen molar-refractivity contribution in [3.63, 3.8) is 0 Å².